The molecular formula is C10H13N3O5S2. The Morgan fingerprint density at radius 1 is 1.55 bits per heavy atom. The number of rotatable bonds is 3. The monoisotopic (exact) mass is 319 g/mol. The van der Waals surface area contributed by atoms with Gasteiger partial charge in [-0.05, 0) is 13.8 Å². The number of piperazine rings is 1. The molecule has 1 aliphatic heterocycles. The predicted octanol–water partition coefficient (Wildman–Crippen LogP) is -0.260. The van der Waals surface area contributed by atoms with Gasteiger partial charge in [0, 0.05) is 13.1 Å². The van der Waals surface area contributed by atoms with Gasteiger partial charge in [-0.15, -0.1) is 11.3 Å². The van der Waals surface area contributed by atoms with Gasteiger partial charge >= 0.3 is 5.97 Å². The molecule has 1 aromatic rings. The van der Waals surface area contributed by atoms with Crippen LogP contribution >= 0.6 is 11.3 Å². The number of amides is 1. The number of aromatic nitrogens is 1. The highest BCUT2D eigenvalue weighted by Crippen LogP contribution is 2.30. The van der Waals surface area contributed by atoms with Gasteiger partial charge in [0.05, 0.1) is 5.51 Å². The molecular weight excluding hydrogens is 306 g/mol. The highest BCUT2D eigenvalue weighted by molar-refractivity contribution is 7.91. The van der Waals surface area contributed by atoms with Gasteiger partial charge in [0.25, 0.3) is 10.0 Å². The van der Waals surface area contributed by atoms with Gasteiger partial charge in [-0.3, -0.25) is 4.79 Å². The van der Waals surface area contributed by atoms with E-state index >= 15 is 0 Å². The Hall–Kier alpha value is -1.52. The lowest BCUT2D eigenvalue weighted by Crippen LogP contribution is -2.63. The second-order valence-electron chi connectivity index (χ2n) is 4.69. The third kappa shape index (κ3) is 2.19. The average Bonchev–Trinajstić information content (AvgIpc) is 2.82. The normalized spacial score (nSPS) is 19.6. The van der Waals surface area contributed by atoms with E-state index in [1.54, 1.807) is 0 Å². The lowest BCUT2D eigenvalue weighted by Gasteiger charge is -2.39. The number of aromatic carboxylic acids is 1. The van der Waals surface area contributed by atoms with Gasteiger partial charge < -0.3 is 10.4 Å². The van der Waals surface area contributed by atoms with Crippen molar-refractivity contribution in [2.45, 2.75) is 23.6 Å². The molecule has 0 saturated carbocycles. The van der Waals surface area contributed by atoms with Crippen LogP contribution < -0.4 is 5.32 Å². The maximum atomic E-state index is 12.6. The zero-order valence-electron chi connectivity index (χ0n) is 10.8. The van der Waals surface area contributed by atoms with Crippen molar-refractivity contribution in [3.63, 3.8) is 0 Å². The van der Waals surface area contributed by atoms with Crippen molar-refractivity contribution in [2.75, 3.05) is 13.1 Å². The third-order valence-electron chi connectivity index (χ3n) is 3.04. The van der Waals surface area contributed by atoms with E-state index < -0.39 is 33.1 Å². The molecule has 0 unspecified atom stereocenters. The maximum absolute atomic E-state index is 12.6. The number of carboxylic acid groups (broad SMARTS) is 1. The number of thiazole rings is 1. The largest absolute Gasteiger partial charge is 0.476 e. The topological polar surface area (TPSA) is 117 Å². The van der Waals surface area contributed by atoms with Crippen LogP contribution in [0.1, 0.15) is 24.3 Å². The van der Waals surface area contributed by atoms with E-state index in [9.17, 15) is 18.0 Å². The fraction of sp³-hybridized carbons (Fsp3) is 0.500. The Labute approximate surface area is 119 Å². The van der Waals surface area contributed by atoms with Crippen LogP contribution in [0.3, 0.4) is 0 Å². The molecule has 20 heavy (non-hydrogen) atoms. The van der Waals surface area contributed by atoms with Gasteiger partial charge in [-0.1, -0.05) is 0 Å². The molecule has 2 rings (SSSR count). The molecule has 0 spiro atoms. The minimum absolute atomic E-state index is 0.0814. The van der Waals surface area contributed by atoms with E-state index in [2.05, 4.69) is 10.3 Å². The van der Waals surface area contributed by atoms with E-state index in [-0.39, 0.29) is 17.3 Å². The molecule has 0 atom stereocenters. The minimum Gasteiger partial charge on any atom is -0.476 e. The number of carbonyl (C=O) groups excluding carboxylic acids is 1. The summed E-state index contributed by atoms with van der Waals surface area (Å²) in [5, 5.41) is 11.6. The second-order valence-corrected chi connectivity index (χ2v) is 7.60. The molecule has 10 heteroatoms. The van der Waals surface area contributed by atoms with Crippen molar-refractivity contribution in [3.8, 4) is 0 Å². The number of hydrogen-bond donors (Lipinski definition) is 2. The van der Waals surface area contributed by atoms with Gasteiger partial charge in [0.2, 0.25) is 5.91 Å². The molecule has 8 nitrogen and oxygen atoms in total. The molecule has 110 valence electrons. The van der Waals surface area contributed by atoms with E-state index in [1.807, 2.05) is 0 Å². The zero-order chi connectivity index (χ0) is 15.1. The summed E-state index contributed by atoms with van der Waals surface area (Å²) < 4.78 is 25.8. The first-order chi connectivity index (χ1) is 9.19. The number of nitrogens with one attached hydrogen (secondary N) is 1. The molecule has 1 aromatic heterocycles. The van der Waals surface area contributed by atoms with Crippen LogP contribution in [-0.4, -0.2) is 53.3 Å². The average molecular weight is 319 g/mol. The number of sulfonamides is 1. The summed E-state index contributed by atoms with van der Waals surface area (Å²) in [7, 11) is -4.09. The standard InChI is InChI=1S/C10H13N3O5S2/c1-10(2)9(16)11-3-4-13(10)20(17,18)8-6(7(14)15)12-5-19-8/h5H,3-4H2,1-2H3,(H,11,16)(H,14,15). The maximum Gasteiger partial charge on any atom is 0.356 e. The van der Waals surface area contributed by atoms with E-state index in [4.69, 9.17) is 5.11 Å². The van der Waals surface area contributed by atoms with Gasteiger partial charge in [0.1, 0.15) is 5.54 Å². The van der Waals surface area contributed by atoms with Crippen LogP contribution in [0.2, 0.25) is 0 Å². The van der Waals surface area contributed by atoms with E-state index in [0.717, 1.165) is 21.2 Å². The van der Waals surface area contributed by atoms with Crippen molar-refractivity contribution >= 4 is 33.2 Å². The van der Waals surface area contributed by atoms with Crippen LogP contribution in [0.25, 0.3) is 0 Å². The lowest BCUT2D eigenvalue weighted by molar-refractivity contribution is -0.131. The summed E-state index contributed by atoms with van der Waals surface area (Å²) in [4.78, 5) is 26.4. The van der Waals surface area contributed by atoms with Gasteiger partial charge in [0.15, 0.2) is 9.90 Å². The molecule has 1 aliphatic rings. The number of carbonyl (C=O) groups is 2. The number of nitrogens with zero attached hydrogens (tertiary/aromatic N) is 2. The van der Waals surface area contributed by atoms with Crippen molar-refractivity contribution in [1.82, 2.24) is 14.6 Å². The smallest absolute Gasteiger partial charge is 0.356 e. The van der Waals surface area contributed by atoms with Crippen molar-refractivity contribution < 1.29 is 23.1 Å². The van der Waals surface area contributed by atoms with Crippen LogP contribution in [0.15, 0.2) is 9.72 Å². The summed E-state index contributed by atoms with van der Waals surface area (Å²) in [6.07, 6.45) is 0. The molecule has 0 bridgehead atoms. The summed E-state index contributed by atoms with van der Waals surface area (Å²) in [6.45, 7) is 3.21. The van der Waals surface area contributed by atoms with Gasteiger partial charge in [-0.2, -0.15) is 4.31 Å². The Balaban J connectivity index is 2.52. The highest BCUT2D eigenvalue weighted by Gasteiger charge is 2.46. The van der Waals surface area contributed by atoms with E-state index in [1.165, 1.54) is 13.8 Å². The Morgan fingerprint density at radius 3 is 2.80 bits per heavy atom. The van der Waals surface area contributed by atoms with Crippen molar-refractivity contribution in [1.29, 1.82) is 0 Å². The molecule has 2 N–H and O–H groups in total. The van der Waals surface area contributed by atoms with Crippen molar-refractivity contribution in [2.24, 2.45) is 0 Å². The van der Waals surface area contributed by atoms with Crippen molar-refractivity contribution in [3.05, 3.63) is 11.2 Å². The number of hydrogen-bond acceptors (Lipinski definition) is 6. The first kappa shape index (κ1) is 14.9. The third-order valence-corrected chi connectivity index (χ3v) is 6.46. The lowest BCUT2D eigenvalue weighted by atomic mass is 10.0. The summed E-state index contributed by atoms with van der Waals surface area (Å²) >= 11 is 0.727. The quantitative estimate of drug-likeness (QED) is 0.793. The Kier molecular flexibility index (Phi) is 3.56. The molecule has 0 aliphatic carbocycles. The summed E-state index contributed by atoms with van der Waals surface area (Å²) in [6, 6.07) is 0. The highest BCUT2D eigenvalue weighted by atomic mass is 32.2. The number of carboxylic acids is 1. The first-order valence-electron chi connectivity index (χ1n) is 5.67. The second kappa shape index (κ2) is 4.79. The summed E-state index contributed by atoms with van der Waals surface area (Å²) in [5.41, 5.74) is -0.638. The minimum atomic E-state index is -4.09. The van der Waals surface area contributed by atoms with Crippen LogP contribution in [0, 0.1) is 0 Å². The summed E-state index contributed by atoms with van der Waals surface area (Å²) in [5.74, 6) is -1.84. The van der Waals surface area contributed by atoms with E-state index in [0.29, 0.717) is 0 Å². The predicted molar refractivity (Wildman–Crippen MR) is 70.1 cm³/mol. The Morgan fingerprint density at radius 2 is 2.20 bits per heavy atom. The zero-order valence-corrected chi connectivity index (χ0v) is 12.4. The Bertz CT molecular complexity index is 664. The molecule has 1 fully saturated rings. The van der Waals surface area contributed by atoms with Crippen LogP contribution in [-0.2, 0) is 14.8 Å². The van der Waals surface area contributed by atoms with Gasteiger partial charge in [-0.25, -0.2) is 18.2 Å². The van der Waals surface area contributed by atoms with Crippen LogP contribution in [0.4, 0.5) is 0 Å². The fourth-order valence-electron chi connectivity index (χ4n) is 1.96. The molecule has 1 amide bonds. The SMILES string of the molecule is CC1(C)C(=O)NCCN1S(=O)(=O)c1scnc1C(=O)O. The molecule has 1 saturated heterocycles. The molecule has 2 heterocycles. The molecule has 0 radical (unpaired) electrons. The first-order valence-corrected chi connectivity index (χ1v) is 7.99. The molecule has 0 aromatic carbocycles. The van der Waals surface area contributed by atoms with Crippen LogP contribution in [0.5, 0.6) is 0 Å². The fourth-order valence-corrected chi connectivity index (χ4v) is 4.95.